The van der Waals surface area contributed by atoms with Crippen LogP contribution >= 0.6 is 0 Å². The molecular weight excluding hydrogens is 384 g/mol. The minimum absolute atomic E-state index is 0.204. The van der Waals surface area contributed by atoms with E-state index in [4.69, 9.17) is 23.7 Å². The van der Waals surface area contributed by atoms with Crippen molar-refractivity contribution in [1.29, 1.82) is 0 Å². The second kappa shape index (κ2) is 12.0. The first-order valence-electron chi connectivity index (χ1n) is 10.1. The van der Waals surface area contributed by atoms with Gasteiger partial charge in [0.1, 0.15) is 24.4 Å². The molecule has 0 aromatic heterocycles. The quantitative estimate of drug-likeness (QED) is 0.570. The van der Waals surface area contributed by atoms with Crippen LogP contribution in [0.5, 0.6) is 0 Å². The molecule has 2 aromatic rings. The Hall–Kier alpha value is -2.06. The van der Waals surface area contributed by atoms with Crippen LogP contribution in [0, 0.1) is 0 Å². The van der Waals surface area contributed by atoms with Crippen LogP contribution in [0.3, 0.4) is 0 Å². The first-order valence-corrected chi connectivity index (χ1v) is 10.1. The third kappa shape index (κ3) is 6.22. The highest BCUT2D eigenvalue weighted by Gasteiger charge is 2.47. The Bertz CT molecular complexity index is 738. The summed E-state index contributed by atoms with van der Waals surface area (Å²) in [4.78, 5) is 0. The predicted molar refractivity (Wildman–Crippen MR) is 113 cm³/mol. The number of methoxy groups -OCH3 is 1. The minimum atomic E-state index is -0.921. The zero-order chi connectivity index (χ0) is 21.2. The van der Waals surface area contributed by atoms with Crippen LogP contribution in [0.15, 0.2) is 73.3 Å². The van der Waals surface area contributed by atoms with Crippen molar-refractivity contribution in [3.63, 3.8) is 0 Å². The van der Waals surface area contributed by atoms with Crippen molar-refractivity contribution in [3.8, 4) is 0 Å². The summed E-state index contributed by atoms with van der Waals surface area (Å²) in [7, 11) is 1.55. The monoisotopic (exact) mass is 414 g/mol. The van der Waals surface area contributed by atoms with Crippen molar-refractivity contribution < 1.29 is 28.8 Å². The first-order chi connectivity index (χ1) is 14.7. The van der Waals surface area contributed by atoms with Gasteiger partial charge in [-0.05, 0) is 11.1 Å². The van der Waals surface area contributed by atoms with Gasteiger partial charge in [0.25, 0.3) is 0 Å². The van der Waals surface area contributed by atoms with Gasteiger partial charge >= 0.3 is 0 Å². The standard InChI is InChI=1S/C24H30O6/c1-3-14-28-24-23(29-16-19-12-8-5-9-13-19)22(26-2)21(25)20(30-24)17-27-15-18-10-6-4-7-11-18/h3-13,20-25H,1,14-17H2,2H3/t20-,21-,22+,23+,24+/m1/s1. The van der Waals surface area contributed by atoms with Crippen LogP contribution < -0.4 is 0 Å². The predicted octanol–water partition coefficient (Wildman–Crippen LogP) is 3.09. The highest BCUT2D eigenvalue weighted by Crippen LogP contribution is 2.27. The second-order valence-electron chi connectivity index (χ2n) is 7.12. The normalized spacial score (nSPS) is 26.4. The Morgan fingerprint density at radius 2 is 1.57 bits per heavy atom. The lowest BCUT2D eigenvalue weighted by atomic mass is 9.98. The smallest absolute Gasteiger partial charge is 0.187 e. The number of hydrogen-bond donors (Lipinski definition) is 1. The molecule has 162 valence electrons. The average Bonchev–Trinajstić information content (AvgIpc) is 2.79. The van der Waals surface area contributed by atoms with Crippen LogP contribution in [-0.2, 0) is 36.9 Å². The fraction of sp³-hybridized carbons (Fsp3) is 0.417. The van der Waals surface area contributed by atoms with Crippen molar-refractivity contribution in [2.24, 2.45) is 0 Å². The highest BCUT2D eigenvalue weighted by atomic mass is 16.7. The van der Waals surface area contributed by atoms with Gasteiger partial charge in [0.05, 0.1) is 26.4 Å². The number of rotatable bonds is 11. The molecule has 0 amide bonds. The molecule has 1 fully saturated rings. The van der Waals surface area contributed by atoms with E-state index in [2.05, 4.69) is 6.58 Å². The third-order valence-corrected chi connectivity index (χ3v) is 4.95. The Kier molecular flexibility index (Phi) is 9.01. The fourth-order valence-corrected chi connectivity index (χ4v) is 3.41. The van der Waals surface area contributed by atoms with Crippen molar-refractivity contribution in [2.45, 2.75) is 43.9 Å². The van der Waals surface area contributed by atoms with E-state index in [1.807, 2.05) is 60.7 Å². The van der Waals surface area contributed by atoms with E-state index in [-0.39, 0.29) is 6.61 Å². The first kappa shape index (κ1) is 22.6. The zero-order valence-corrected chi connectivity index (χ0v) is 17.3. The molecule has 0 unspecified atom stereocenters. The van der Waals surface area contributed by atoms with Gasteiger partial charge < -0.3 is 28.8 Å². The topological polar surface area (TPSA) is 66.4 Å². The Balaban J connectivity index is 1.63. The molecule has 0 bridgehead atoms. The highest BCUT2D eigenvalue weighted by molar-refractivity contribution is 5.14. The zero-order valence-electron chi connectivity index (χ0n) is 17.3. The molecule has 1 aliphatic rings. The second-order valence-corrected chi connectivity index (χ2v) is 7.12. The Morgan fingerprint density at radius 3 is 2.17 bits per heavy atom. The van der Waals surface area contributed by atoms with Crippen molar-refractivity contribution >= 4 is 0 Å². The summed E-state index contributed by atoms with van der Waals surface area (Å²) in [6.45, 7) is 4.97. The fourth-order valence-electron chi connectivity index (χ4n) is 3.41. The van der Waals surface area contributed by atoms with Gasteiger partial charge in [-0.3, -0.25) is 0 Å². The number of aliphatic hydroxyl groups excluding tert-OH is 1. The van der Waals surface area contributed by atoms with Crippen molar-refractivity contribution in [2.75, 3.05) is 20.3 Å². The number of hydrogen-bond acceptors (Lipinski definition) is 6. The van der Waals surface area contributed by atoms with Gasteiger partial charge in [-0.2, -0.15) is 0 Å². The van der Waals surface area contributed by atoms with Crippen LogP contribution in [0.25, 0.3) is 0 Å². The van der Waals surface area contributed by atoms with Crippen LogP contribution in [0.2, 0.25) is 0 Å². The summed E-state index contributed by atoms with van der Waals surface area (Å²) in [5.74, 6) is 0. The average molecular weight is 414 g/mol. The van der Waals surface area contributed by atoms with Gasteiger partial charge in [-0.1, -0.05) is 66.7 Å². The third-order valence-electron chi connectivity index (χ3n) is 4.95. The van der Waals surface area contributed by atoms with Crippen LogP contribution in [-0.4, -0.2) is 56.1 Å². The number of benzene rings is 2. The lowest BCUT2D eigenvalue weighted by Gasteiger charge is -2.43. The lowest BCUT2D eigenvalue weighted by molar-refractivity contribution is -0.314. The largest absolute Gasteiger partial charge is 0.387 e. The summed E-state index contributed by atoms with van der Waals surface area (Å²) < 4.78 is 29.3. The maximum Gasteiger partial charge on any atom is 0.187 e. The summed E-state index contributed by atoms with van der Waals surface area (Å²) in [5.41, 5.74) is 2.06. The molecule has 0 radical (unpaired) electrons. The van der Waals surface area contributed by atoms with E-state index in [1.165, 1.54) is 0 Å². The molecule has 0 aliphatic carbocycles. The van der Waals surface area contributed by atoms with E-state index in [1.54, 1.807) is 13.2 Å². The molecule has 0 saturated carbocycles. The maximum absolute atomic E-state index is 10.9. The molecule has 0 spiro atoms. The van der Waals surface area contributed by atoms with Gasteiger partial charge in [0.15, 0.2) is 6.29 Å². The molecule has 1 N–H and O–H groups in total. The minimum Gasteiger partial charge on any atom is -0.387 e. The molecular formula is C24H30O6. The van der Waals surface area contributed by atoms with Crippen molar-refractivity contribution in [3.05, 3.63) is 84.4 Å². The molecule has 30 heavy (non-hydrogen) atoms. The number of aliphatic hydroxyl groups is 1. The van der Waals surface area contributed by atoms with Gasteiger partial charge in [0.2, 0.25) is 0 Å². The molecule has 5 atom stereocenters. The van der Waals surface area contributed by atoms with Crippen molar-refractivity contribution in [1.82, 2.24) is 0 Å². The van der Waals surface area contributed by atoms with Crippen LogP contribution in [0.4, 0.5) is 0 Å². The molecule has 1 aliphatic heterocycles. The summed E-state index contributed by atoms with van der Waals surface area (Å²) in [6.07, 6.45) is -1.82. The molecule has 3 rings (SSSR count). The molecule has 1 heterocycles. The van der Waals surface area contributed by atoms with Gasteiger partial charge in [-0.15, -0.1) is 6.58 Å². The van der Waals surface area contributed by atoms with E-state index >= 15 is 0 Å². The molecule has 2 aromatic carbocycles. The maximum atomic E-state index is 10.9. The molecule has 1 saturated heterocycles. The van der Waals surface area contributed by atoms with Gasteiger partial charge in [-0.25, -0.2) is 0 Å². The van der Waals surface area contributed by atoms with E-state index in [0.29, 0.717) is 19.8 Å². The van der Waals surface area contributed by atoms with Gasteiger partial charge in [0, 0.05) is 7.11 Å². The summed E-state index contributed by atoms with van der Waals surface area (Å²) in [6, 6.07) is 19.6. The van der Waals surface area contributed by atoms with E-state index in [0.717, 1.165) is 11.1 Å². The molecule has 6 heteroatoms. The van der Waals surface area contributed by atoms with Crippen LogP contribution in [0.1, 0.15) is 11.1 Å². The Labute approximate surface area is 178 Å². The Morgan fingerprint density at radius 1 is 0.933 bits per heavy atom. The van der Waals surface area contributed by atoms with E-state index in [9.17, 15) is 5.11 Å². The SMILES string of the molecule is C=CCO[C@H]1O[C@H](COCc2ccccc2)[C@@H](O)[C@H](OC)[C@@H]1OCc1ccccc1. The lowest BCUT2D eigenvalue weighted by Crippen LogP contribution is -2.60. The summed E-state index contributed by atoms with van der Waals surface area (Å²) in [5, 5.41) is 10.9. The van der Waals surface area contributed by atoms with E-state index < -0.39 is 30.7 Å². The molecule has 6 nitrogen and oxygen atoms in total. The summed E-state index contributed by atoms with van der Waals surface area (Å²) >= 11 is 0. The number of ether oxygens (including phenoxy) is 5.